The molecule has 3 rings (SSSR count). The number of rotatable bonds is 3. The molecule has 0 spiro atoms. The average molecular weight is 235 g/mol. The molecule has 0 radical (unpaired) electrons. The van der Waals surface area contributed by atoms with Gasteiger partial charge < -0.3 is 5.32 Å². The van der Waals surface area contributed by atoms with Crippen LogP contribution < -0.4 is 5.32 Å². The average Bonchev–Trinajstić information content (AvgIpc) is 3.05. The largest absolute Gasteiger partial charge is 0.353 e. The van der Waals surface area contributed by atoms with E-state index < -0.39 is 0 Å². The van der Waals surface area contributed by atoms with Gasteiger partial charge in [-0.2, -0.15) is 0 Å². The summed E-state index contributed by atoms with van der Waals surface area (Å²) < 4.78 is 0. The number of carbonyl (C=O) groups excluding carboxylic acids is 1. The van der Waals surface area contributed by atoms with Crippen molar-refractivity contribution >= 4 is 5.91 Å². The predicted octanol–water partition coefficient (Wildman–Crippen LogP) is 3.12. The molecule has 2 heteroatoms. The summed E-state index contributed by atoms with van der Waals surface area (Å²) >= 11 is 0. The molecule has 0 heterocycles. The SMILES string of the molecule is C[C@@H](NC(=O)C1CCCC1)[C@@H]1C[C@H]2CC[C@H]1C2. The third kappa shape index (κ3) is 2.23. The van der Waals surface area contributed by atoms with Crippen molar-refractivity contribution in [2.75, 3.05) is 0 Å². The Morgan fingerprint density at radius 3 is 2.47 bits per heavy atom. The molecule has 3 saturated carbocycles. The standard InChI is InChI=1S/C15H25NO/c1-10(14-9-11-6-7-13(14)8-11)16-15(17)12-4-2-3-5-12/h10-14H,2-9H2,1H3,(H,16,17)/t10-,11+,13+,14+/m1/s1. The number of hydrogen-bond donors (Lipinski definition) is 1. The Balaban J connectivity index is 1.52. The molecule has 4 atom stereocenters. The van der Waals surface area contributed by atoms with E-state index in [0.717, 1.165) is 30.6 Å². The zero-order chi connectivity index (χ0) is 11.8. The van der Waals surface area contributed by atoms with Crippen LogP contribution in [0.25, 0.3) is 0 Å². The molecule has 0 unspecified atom stereocenters. The summed E-state index contributed by atoms with van der Waals surface area (Å²) in [4.78, 5) is 12.1. The van der Waals surface area contributed by atoms with E-state index in [0.29, 0.717) is 17.9 Å². The summed E-state index contributed by atoms with van der Waals surface area (Å²) in [6.45, 7) is 2.23. The van der Waals surface area contributed by atoms with E-state index in [-0.39, 0.29) is 0 Å². The first-order valence-corrected chi connectivity index (χ1v) is 7.54. The van der Waals surface area contributed by atoms with Gasteiger partial charge in [-0.05, 0) is 56.8 Å². The first-order valence-electron chi connectivity index (χ1n) is 7.54. The highest BCUT2D eigenvalue weighted by Gasteiger charge is 2.42. The van der Waals surface area contributed by atoms with Crippen LogP contribution in [0.15, 0.2) is 0 Å². The lowest BCUT2D eigenvalue weighted by molar-refractivity contribution is -0.125. The first-order chi connectivity index (χ1) is 8.24. The van der Waals surface area contributed by atoms with Gasteiger partial charge in [0.15, 0.2) is 0 Å². The molecule has 0 aromatic carbocycles. The Morgan fingerprint density at radius 1 is 1.12 bits per heavy atom. The molecule has 17 heavy (non-hydrogen) atoms. The van der Waals surface area contributed by atoms with Gasteiger partial charge in [-0.15, -0.1) is 0 Å². The molecule has 0 aromatic rings. The second-order valence-corrected chi connectivity index (χ2v) is 6.62. The van der Waals surface area contributed by atoms with Crippen LogP contribution in [-0.4, -0.2) is 11.9 Å². The fraction of sp³-hybridized carbons (Fsp3) is 0.933. The van der Waals surface area contributed by atoms with Crippen LogP contribution in [0, 0.1) is 23.7 Å². The quantitative estimate of drug-likeness (QED) is 0.800. The van der Waals surface area contributed by atoms with Gasteiger partial charge >= 0.3 is 0 Å². The lowest BCUT2D eigenvalue weighted by Gasteiger charge is -2.29. The first kappa shape index (κ1) is 11.6. The monoisotopic (exact) mass is 235 g/mol. The predicted molar refractivity (Wildman–Crippen MR) is 68.5 cm³/mol. The number of hydrogen-bond acceptors (Lipinski definition) is 1. The van der Waals surface area contributed by atoms with Gasteiger partial charge in [0.1, 0.15) is 0 Å². The maximum atomic E-state index is 12.1. The highest BCUT2D eigenvalue weighted by atomic mass is 16.1. The minimum absolute atomic E-state index is 0.330. The van der Waals surface area contributed by atoms with Crippen molar-refractivity contribution in [1.29, 1.82) is 0 Å². The van der Waals surface area contributed by atoms with Crippen LogP contribution in [0.1, 0.15) is 58.3 Å². The van der Waals surface area contributed by atoms with Gasteiger partial charge in [0, 0.05) is 12.0 Å². The number of nitrogens with one attached hydrogen (secondary N) is 1. The smallest absolute Gasteiger partial charge is 0.223 e. The third-order valence-corrected chi connectivity index (χ3v) is 5.53. The fourth-order valence-corrected chi connectivity index (χ4v) is 4.54. The van der Waals surface area contributed by atoms with E-state index in [1.54, 1.807) is 0 Å². The molecule has 3 aliphatic rings. The van der Waals surface area contributed by atoms with Gasteiger partial charge in [0.05, 0.1) is 0 Å². The van der Waals surface area contributed by atoms with E-state index in [9.17, 15) is 4.79 Å². The van der Waals surface area contributed by atoms with Gasteiger partial charge in [0.2, 0.25) is 5.91 Å². The summed E-state index contributed by atoms with van der Waals surface area (Å²) in [7, 11) is 0. The van der Waals surface area contributed by atoms with E-state index >= 15 is 0 Å². The van der Waals surface area contributed by atoms with Crippen LogP contribution >= 0.6 is 0 Å². The van der Waals surface area contributed by atoms with E-state index in [2.05, 4.69) is 12.2 Å². The Morgan fingerprint density at radius 2 is 1.88 bits per heavy atom. The zero-order valence-corrected chi connectivity index (χ0v) is 11.0. The summed E-state index contributed by atoms with van der Waals surface area (Å²) in [5.74, 6) is 3.35. The van der Waals surface area contributed by atoms with E-state index in [1.165, 1.54) is 38.5 Å². The van der Waals surface area contributed by atoms with E-state index in [4.69, 9.17) is 0 Å². The van der Waals surface area contributed by atoms with Crippen molar-refractivity contribution in [2.24, 2.45) is 23.7 Å². The summed E-state index contributed by atoms with van der Waals surface area (Å²) in [6, 6.07) is 0.415. The number of carbonyl (C=O) groups is 1. The molecule has 96 valence electrons. The van der Waals surface area contributed by atoms with Gasteiger partial charge in [-0.1, -0.05) is 19.3 Å². The summed E-state index contributed by atoms with van der Waals surface area (Å²) in [5.41, 5.74) is 0. The van der Waals surface area contributed by atoms with Crippen LogP contribution in [0.3, 0.4) is 0 Å². The molecule has 2 nitrogen and oxygen atoms in total. The molecule has 0 aliphatic heterocycles. The van der Waals surface area contributed by atoms with Crippen LogP contribution in [-0.2, 0) is 4.79 Å². The Labute approximate surface area is 105 Å². The molecule has 1 N–H and O–H groups in total. The molecular weight excluding hydrogens is 210 g/mol. The number of fused-ring (bicyclic) bond motifs is 2. The van der Waals surface area contributed by atoms with Gasteiger partial charge in [-0.25, -0.2) is 0 Å². The normalized spacial score (nSPS) is 38.5. The molecule has 2 bridgehead atoms. The molecule has 3 fully saturated rings. The lowest BCUT2D eigenvalue weighted by atomic mass is 9.84. The number of amides is 1. The highest BCUT2D eigenvalue weighted by Crippen LogP contribution is 2.49. The van der Waals surface area contributed by atoms with Crippen molar-refractivity contribution in [2.45, 2.75) is 64.3 Å². The molecule has 0 saturated heterocycles. The Kier molecular flexibility index (Phi) is 3.14. The highest BCUT2D eigenvalue weighted by molar-refractivity contribution is 5.79. The van der Waals surface area contributed by atoms with Crippen molar-refractivity contribution in [3.8, 4) is 0 Å². The van der Waals surface area contributed by atoms with Crippen molar-refractivity contribution in [3.05, 3.63) is 0 Å². The molecular formula is C15H25NO. The van der Waals surface area contributed by atoms with Crippen LogP contribution in [0.4, 0.5) is 0 Å². The Bertz CT molecular complexity index is 295. The van der Waals surface area contributed by atoms with E-state index in [1.807, 2.05) is 0 Å². The lowest BCUT2D eigenvalue weighted by Crippen LogP contribution is -2.42. The minimum Gasteiger partial charge on any atom is -0.353 e. The van der Waals surface area contributed by atoms with Gasteiger partial charge in [0.25, 0.3) is 0 Å². The topological polar surface area (TPSA) is 29.1 Å². The van der Waals surface area contributed by atoms with Crippen LogP contribution in [0.2, 0.25) is 0 Å². The second-order valence-electron chi connectivity index (χ2n) is 6.62. The maximum Gasteiger partial charge on any atom is 0.223 e. The van der Waals surface area contributed by atoms with Gasteiger partial charge in [-0.3, -0.25) is 4.79 Å². The molecule has 0 aromatic heterocycles. The fourth-order valence-electron chi connectivity index (χ4n) is 4.54. The maximum absolute atomic E-state index is 12.1. The molecule has 3 aliphatic carbocycles. The molecule has 1 amide bonds. The third-order valence-electron chi connectivity index (χ3n) is 5.53. The van der Waals surface area contributed by atoms with Crippen molar-refractivity contribution in [1.82, 2.24) is 5.32 Å². The van der Waals surface area contributed by atoms with Crippen molar-refractivity contribution in [3.63, 3.8) is 0 Å². The Hall–Kier alpha value is -0.530. The summed E-state index contributed by atoms with van der Waals surface area (Å²) in [6.07, 6.45) is 10.4. The van der Waals surface area contributed by atoms with Crippen LogP contribution in [0.5, 0.6) is 0 Å². The second kappa shape index (κ2) is 4.62. The summed E-state index contributed by atoms with van der Waals surface area (Å²) in [5, 5.41) is 3.31. The van der Waals surface area contributed by atoms with Crippen molar-refractivity contribution < 1.29 is 4.79 Å². The zero-order valence-electron chi connectivity index (χ0n) is 11.0. The minimum atomic E-state index is 0.330.